The van der Waals surface area contributed by atoms with Gasteiger partial charge in [0.25, 0.3) is 0 Å². The minimum atomic E-state index is -0.249. The van der Waals surface area contributed by atoms with Crippen molar-refractivity contribution in [2.75, 3.05) is 13.1 Å². The van der Waals surface area contributed by atoms with Crippen molar-refractivity contribution < 1.29 is 4.79 Å². The first-order chi connectivity index (χ1) is 8.18. The summed E-state index contributed by atoms with van der Waals surface area (Å²) in [4.78, 5) is 13.2. The van der Waals surface area contributed by atoms with E-state index in [4.69, 9.17) is 5.73 Å². The molecule has 0 saturated carbocycles. The molecule has 1 heterocycles. The second-order valence-corrected chi connectivity index (χ2v) is 4.42. The van der Waals surface area contributed by atoms with Crippen molar-refractivity contribution >= 4 is 11.5 Å². The van der Waals surface area contributed by atoms with E-state index in [9.17, 15) is 4.79 Å². The summed E-state index contributed by atoms with van der Waals surface area (Å²) >= 11 is 0. The molecule has 1 aromatic rings. The molecule has 1 amide bonds. The second kappa shape index (κ2) is 5.15. The highest BCUT2D eigenvalue weighted by Crippen LogP contribution is 2.22. The number of rotatable bonds is 3. The molecule has 1 atom stereocenters. The van der Waals surface area contributed by atoms with Crippen LogP contribution < -0.4 is 5.73 Å². The molecule has 90 valence electrons. The zero-order valence-electron chi connectivity index (χ0n) is 10.1. The molecule has 3 heteroatoms. The molecule has 0 spiro atoms. The number of hydrogen-bond acceptors (Lipinski definition) is 2. The minimum absolute atomic E-state index is 0.177. The summed E-state index contributed by atoms with van der Waals surface area (Å²) in [6.07, 6.45) is 3.17. The molecule has 17 heavy (non-hydrogen) atoms. The first-order valence-electron chi connectivity index (χ1n) is 5.96. The molecule has 0 aliphatic carbocycles. The van der Waals surface area contributed by atoms with Crippen LogP contribution in [-0.2, 0) is 4.79 Å². The van der Waals surface area contributed by atoms with Gasteiger partial charge in [-0.1, -0.05) is 36.4 Å². The number of amides is 1. The Hall–Kier alpha value is -1.61. The van der Waals surface area contributed by atoms with Gasteiger partial charge < -0.3 is 5.73 Å². The average Bonchev–Trinajstić information content (AvgIpc) is 2.39. The lowest BCUT2D eigenvalue weighted by Crippen LogP contribution is -2.44. The molecule has 0 saturated heterocycles. The van der Waals surface area contributed by atoms with Gasteiger partial charge in [-0.05, 0) is 24.5 Å². The molecular formula is C14H18N2O. The summed E-state index contributed by atoms with van der Waals surface area (Å²) in [5.41, 5.74) is 7.95. The van der Waals surface area contributed by atoms with E-state index in [0.717, 1.165) is 19.5 Å². The lowest BCUT2D eigenvalue weighted by molar-refractivity contribution is -0.122. The van der Waals surface area contributed by atoms with Crippen LogP contribution >= 0.6 is 0 Å². The lowest BCUT2D eigenvalue weighted by Gasteiger charge is -2.30. The van der Waals surface area contributed by atoms with Crippen LogP contribution in [0.3, 0.4) is 0 Å². The van der Waals surface area contributed by atoms with Crippen molar-refractivity contribution in [2.45, 2.75) is 19.4 Å². The van der Waals surface area contributed by atoms with Gasteiger partial charge in [0.15, 0.2) is 0 Å². The number of nitrogens with two attached hydrogens (primary N) is 1. The second-order valence-electron chi connectivity index (χ2n) is 4.42. The van der Waals surface area contributed by atoms with Gasteiger partial charge in [-0.2, -0.15) is 0 Å². The third-order valence-electron chi connectivity index (χ3n) is 3.34. The first-order valence-corrected chi connectivity index (χ1v) is 5.96. The Kier molecular flexibility index (Phi) is 3.59. The topological polar surface area (TPSA) is 46.3 Å². The van der Waals surface area contributed by atoms with Crippen molar-refractivity contribution in [3.05, 3.63) is 42.0 Å². The maximum atomic E-state index is 11.1. The Morgan fingerprint density at radius 1 is 1.35 bits per heavy atom. The molecular weight excluding hydrogens is 212 g/mol. The summed E-state index contributed by atoms with van der Waals surface area (Å²) in [5, 5.41) is 0. The number of nitrogens with zero attached hydrogens (tertiary/aromatic N) is 1. The highest BCUT2D eigenvalue weighted by Gasteiger charge is 2.21. The molecule has 2 rings (SSSR count). The van der Waals surface area contributed by atoms with Crippen LogP contribution in [0.5, 0.6) is 0 Å². The van der Waals surface area contributed by atoms with Crippen LogP contribution in [0.2, 0.25) is 0 Å². The van der Waals surface area contributed by atoms with Crippen LogP contribution in [0.25, 0.3) is 5.57 Å². The third-order valence-corrected chi connectivity index (χ3v) is 3.34. The monoisotopic (exact) mass is 230 g/mol. The van der Waals surface area contributed by atoms with Crippen molar-refractivity contribution in [3.63, 3.8) is 0 Å². The Bertz CT molecular complexity index is 425. The fourth-order valence-corrected chi connectivity index (χ4v) is 2.13. The summed E-state index contributed by atoms with van der Waals surface area (Å²) in [5.74, 6) is -0.249. The molecule has 2 N–H and O–H groups in total. The molecule has 0 fully saturated rings. The van der Waals surface area contributed by atoms with E-state index in [1.165, 1.54) is 11.1 Å². The van der Waals surface area contributed by atoms with E-state index in [1.807, 2.05) is 13.0 Å². The molecule has 1 unspecified atom stereocenters. The normalized spacial score (nSPS) is 18.5. The van der Waals surface area contributed by atoms with E-state index >= 15 is 0 Å². The van der Waals surface area contributed by atoms with Gasteiger partial charge in [0.1, 0.15) is 0 Å². The Morgan fingerprint density at radius 2 is 2.06 bits per heavy atom. The lowest BCUT2D eigenvalue weighted by atomic mass is 9.99. The largest absolute Gasteiger partial charge is 0.368 e. The quantitative estimate of drug-likeness (QED) is 0.858. The van der Waals surface area contributed by atoms with E-state index < -0.39 is 0 Å². The fraction of sp³-hybridized carbons (Fsp3) is 0.357. The summed E-state index contributed by atoms with van der Waals surface area (Å²) in [6.45, 7) is 3.56. The predicted octanol–water partition coefficient (Wildman–Crippen LogP) is 1.65. The summed E-state index contributed by atoms with van der Waals surface area (Å²) in [7, 11) is 0. The summed E-state index contributed by atoms with van der Waals surface area (Å²) < 4.78 is 0. The number of carbonyl (C=O) groups excluding carboxylic acids is 1. The van der Waals surface area contributed by atoms with Crippen LogP contribution in [0.15, 0.2) is 36.4 Å². The molecule has 1 aliphatic heterocycles. The smallest absolute Gasteiger partial charge is 0.234 e. The van der Waals surface area contributed by atoms with Crippen molar-refractivity contribution in [1.82, 2.24) is 4.90 Å². The van der Waals surface area contributed by atoms with E-state index in [-0.39, 0.29) is 11.9 Å². The molecule has 1 aromatic carbocycles. The maximum Gasteiger partial charge on any atom is 0.234 e. The molecule has 0 aromatic heterocycles. The van der Waals surface area contributed by atoms with Crippen molar-refractivity contribution in [1.29, 1.82) is 0 Å². The highest BCUT2D eigenvalue weighted by molar-refractivity contribution is 5.79. The Balaban J connectivity index is 2.05. The Labute approximate surface area is 102 Å². The average molecular weight is 230 g/mol. The van der Waals surface area contributed by atoms with Gasteiger partial charge in [-0.25, -0.2) is 0 Å². The van der Waals surface area contributed by atoms with Gasteiger partial charge in [-0.15, -0.1) is 0 Å². The number of carbonyl (C=O) groups is 1. The molecule has 3 nitrogen and oxygen atoms in total. The first kappa shape index (κ1) is 11.9. The van der Waals surface area contributed by atoms with Gasteiger partial charge >= 0.3 is 0 Å². The predicted molar refractivity (Wildman–Crippen MR) is 69.3 cm³/mol. The van der Waals surface area contributed by atoms with Gasteiger partial charge in [0, 0.05) is 13.1 Å². The molecule has 1 aliphatic rings. The van der Waals surface area contributed by atoms with Crippen LogP contribution in [0, 0.1) is 0 Å². The number of benzene rings is 1. The van der Waals surface area contributed by atoms with E-state index in [1.54, 1.807) is 0 Å². The molecule has 0 radical (unpaired) electrons. The van der Waals surface area contributed by atoms with Gasteiger partial charge in [0.05, 0.1) is 6.04 Å². The van der Waals surface area contributed by atoms with Crippen LogP contribution in [0.1, 0.15) is 18.9 Å². The van der Waals surface area contributed by atoms with E-state index in [0.29, 0.717) is 0 Å². The Morgan fingerprint density at radius 3 is 2.59 bits per heavy atom. The SMILES string of the molecule is CC(C(N)=O)N1CC=C(c2ccccc2)CC1. The summed E-state index contributed by atoms with van der Waals surface area (Å²) in [6, 6.07) is 10.2. The standard InChI is InChI=1S/C14H18N2O/c1-11(14(15)17)16-9-7-13(8-10-16)12-5-3-2-4-6-12/h2-7,11H,8-10H2,1H3,(H2,15,17). The van der Waals surface area contributed by atoms with Gasteiger partial charge in [-0.3, -0.25) is 9.69 Å². The zero-order chi connectivity index (χ0) is 12.3. The number of primary amides is 1. The molecule has 0 bridgehead atoms. The third kappa shape index (κ3) is 2.74. The minimum Gasteiger partial charge on any atom is -0.368 e. The van der Waals surface area contributed by atoms with Gasteiger partial charge in [0.2, 0.25) is 5.91 Å². The van der Waals surface area contributed by atoms with Crippen LogP contribution in [0.4, 0.5) is 0 Å². The maximum absolute atomic E-state index is 11.1. The fourth-order valence-electron chi connectivity index (χ4n) is 2.13. The van der Waals surface area contributed by atoms with Crippen LogP contribution in [-0.4, -0.2) is 29.9 Å². The zero-order valence-corrected chi connectivity index (χ0v) is 10.1. The van der Waals surface area contributed by atoms with E-state index in [2.05, 4.69) is 35.2 Å². The van der Waals surface area contributed by atoms with Crippen molar-refractivity contribution in [2.24, 2.45) is 5.73 Å². The highest BCUT2D eigenvalue weighted by atomic mass is 16.1. The van der Waals surface area contributed by atoms with Crippen molar-refractivity contribution in [3.8, 4) is 0 Å². The number of hydrogen-bond donors (Lipinski definition) is 1.